The molecule has 0 bridgehead atoms. The van der Waals surface area contributed by atoms with Crippen LogP contribution in [0.3, 0.4) is 0 Å². The van der Waals surface area contributed by atoms with Crippen molar-refractivity contribution in [2.75, 3.05) is 0 Å². The van der Waals surface area contributed by atoms with E-state index < -0.39 is 5.97 Å². The Kier molecular flexibility index (Phi) is 2.83. The third kappa shape index (κ3) is 2.01. The maximum absolute atomic E-state index is 11.0. The van der Waals surface area contributed by atoms with Crippen LogP contribution in [-0.4, -0.2) is 16.1 Å². The second-order valence-corrected chi connectivity index (χ2v) is 6.05. The highest BCUT2D eigenvalue weighted by atomic mass is 16.4. The molecule has 2 aromatic carbocycles. The number of aromatic nitrogens is 1. The third-order valence-corrected chi connectivity index (χ3v) is 4.54. The molecule has 22 heavy (non-hydrogen) atoms. The molecule has 0 amide bonds. The number of H-pyrrole nitrogens is 1. The van der Waals surface area contributed by atoms with Crippen LogP contribution in [0.2, 0.25) is 0 Å². The molecular formula is C19H17NO2. The average molecular weight is 291 g/mol. The molecule has 3 heteroatoms. The number of benzene rings is 2. The molecule has 4 rings (SSSR count). The number of aromatic amines is 1. The maximum atomic E-state index is 11.0. The number of hydrogen-bond donors (Lipinski definition) is 2. The van der Waals surface area contributed by atoms with Gasteiger partial charge in [-0.15, -0.1) is 0 Å². The molecule has 1 saturated carbocycles. The highest BCUT2D eigenvalue weighted by molar-refractivity contribution is 5.99. The molecule has 1 heterocycles. The molecule has 110 valence electrons. The molecule has 3 aromatic rings. The molecule has 0 aliphatic heterocycles. The van der Waals surface area contributed by atoms with Gasteiger partial charge in [-0.25, -0.2) is 4.79 Å². The van der Waals surface area contributed by atoms with Gasteiger partial charge in [-0.2, -0.15) is 0 Å². The second-order valence-electron chi connectivity index (χ2n) is 6.05. The first-order chi connectivity index (χ1) is 10.6. The molecule has 0 spiro atoms. The van der Waals surface area contributed by atoms with Gasteiger partial charge >= 0.3 is 5.97 Å². The molecule has 0 radical (unpaired) electrons. The first-order valence-electron chi connectivity index (χ1n) is 7.60. The van der Waals surface area contributed by atoms with Gasteiger partial charge < -0.3 is 10.1 Å². The monoisotopic (exact) mass is 291 g/mol. The fourth-order valence-electron chi connectivity index (χ4n) is 3.25. The van der Waals surface area contributed by atoms with Gasteiger partial charge in [0, 0.05) is 16.6 Å². The van der Waals surface area contributed by atoms with Crippen molar-refractivity contribution in [2.45, 2.75) is 25.7 Å². The van der Waals surface area contributed by atoms with E-state index in [2.05, 4.69) is 30.1 Å². The number of fused-ring (bicyclic) bond motifs is 1. The van der Waals surface area contributed by atoms with Crippen molar-refractivity contribution in [3.8, 4) is 11.1 Å². The first kappa shape index (κ1) is 13.1. The molecule has 0 unspecified atom stereocenters. The standard InChI is InChI=1S/C19H17NO2/c1-11-17-15(12-5-9-14(10-6-12)19(21)22)3-2-4-16(17)20-18(11)13-7-8-13/h2-6,9-10,13,20H,7-8H2,1H3,(H,21,22). The van der Waals surface area contributed by atoms with E-state index in [1.54, 1.807) is 12.1 Å². The normalized spacial score (nSPS) is 14.4. The highest BCUT2D eigenvalue weighted by Crippen LogP contribution is 2.44. The van der Waals surface area contributed by atoms with Crippen molar-refractivity contribution >= 4 is 16.9 Å². The van der Waals surface area contributed by atoms with E-state index in [-0.39, 0.29) is 0 Å². The number of aryl methyl sites for hydroxylation is 1. The lowest BCUT2D eigenvalue weighted by Gasteiger charge is -2.06. The summed E-state index contributed by atoms with van der Waals surface area (Å²) in [5, 5.41) is 10.3. The summed E-state index contributed by atoms with van der Waals surface area (Å²) >= 11 is 0. The topological polar surface area (TPSA) is 53.1 Å². The molecule has 1 fully saturated rings. The minimum Gasteiger partial charge on any atom is -0.478 e. The molecule has 0 saturated heterocycles. The van der Waals surface area contributed by atoms with E-state index in [4.69, 9.17) is 5.11 Å². The third-order valence-electron chi connectivity index (χ3n) is 4.54. The number of carbonyl (C=O) groups is 1. The summed E-state index contributed by atoms with van der Waals surface area (Å²) in [5.74, 6) is -0.201. The molecule has 3 nitrogen and oxygen atoms in total. The molecule has 2 N–H and O–H groups in total. The number of aromatic carboxylic acids is 1. The second kappa shape index (κ2) is 4.73. The quantitative estimate of drug-likeness (QED) is 0.733. The van der Waals surface area contributed by atoms with Crippen LogP contribution in [0.4, 0.5) is 0 Å². The van der Waals surface area contributed by atoms with E-state index in [0.29, 0.717) is 11.5 Å². The first-order valence-corrected chi connectivity index (χ1v) is 7.60. The van der Waals surface area contributed by atoms with Gasteiger partial charge in [0.05, 0.1) is 5.56 Å². The van der Waals surface area contributed by atoms with Crippen LogP contribution in [0.5, 0.6) is 0 Å². The summed E-state index contributed by atoms with van der Waals surface area (Å²) in [7, 11) is 0. The van der Waals surface area contributed by atoms with Crippen molar-refractivity contribution in [1.82, 2.24) is 4.98 Å². The number of nitrogens with one attached hydrogen (secondary N) is 1. The van der Waals surface area contributed by atoms with Gasteiger partial charge in [0.25, 0.3) is 0 Å². The zero-order valence-corrected chi connectivity index (χ0v) is 12.4. The Morgan fingerprint density at radius 1 is 1.14 bits per heavy atom. The van der Waals surface area contributed by atoms with Crippen molar-refractivity contribution in [2.24, 2.45) is 0 Å². The molecule has 1 aliphatic carbocycles. The number of carboxylic acid groups (broad SMARTS) is 1. The van der Waals surface area contributed by atoms with Crippen LogP contribution in [-0.2, 0) is 0 Å². The van der Waals surface area contributed by atoms with Crippen molar-refractivity contribution in [1.29, 1.82) is 0 Å². The van der Waals surface area contributed by atoms with Crippen LogP contribution in [0, 0.1) is 6.92 Å². The average Bonchev–Trinajstić information content (AvgIpc) is 3.31. The van der Waals surface area contributed by atoms with Crippen molar-refractivity contribution in [3.63, 3.8) is 0 Å². The van der Waals surface area contributed by atoms with Gasteiger partial charge in [-0.3, -0.25) is 0 Å². The van der Waals surface area contributed by atoms with Gasteiger partial charge in [0.15, 0.2) is 0 Å². The highest BCUT2D eigenvalue weighted by Gasteiger charge is 2.28. The number of carboxylic acids is 1. The van der Waals surface area contributed by atoms with Crippen LogP contribution in [0.15, 0.2) is 42.5 Å². The van der Waals surface area contributed by atoms with Gasteiger partial charge in [0.1, 0.15) is 0 Å². The van der Waals surface area contributed by atoms with Crippen LogP contribution in [0.1, 0.15) is 40.4 Å². The minimum atomic E-state index is -0.890. The predicted molar refractivity (Wildman–Crippen MR) is 87.4 cm³/mol. The summed E-state index contributed by atoms with van der Waals surface area (Å²) in [6.07, 6.45) is 2.55. The summed E-state index contributed by atoms with van der Waals surface area (Å²) in [4.78, 5) is 14.6. The molecule has 1 aliphatic rings. The van der Waals surface area contributed by atoms with E-state index >= 15 is 0 Å². The molecular weight excluding hydrogens is 274 g/mol. The van der Waals surface area contributed by atoms with Gasteiger partial charge in [-0.05, 0) is 60.6 Å². The SMILES string of the molecule is Cc1c(C2CC2)[nH]c2cccc(-c3ccc(C(=O)O)cc3)c12. The summed E-state index contributed by atoms with van der Waals surface area (Å²) in [5.41, 5.74) is 6.40. The van der Waals surface area contributed by atoms with E-state index in [9.17, 15) is 4.79 Å². The number of rotatable bonds is 3. The Hall–Kier alpha value is -2.55. The smallest absolute Gasteiger partial charge is 0.335 e. The number of hydrogen-bond acceptors (Lipinski definition) is 1. The maximum Gasteiger partial charge on any atom is 0.335 e. The van der Waals surface area contributed by atoms with Gasteiger partial charge in [0.2, 0.25) is 0 Å². The Labute approximate surface area is 128 Å². The Balaban J connectivity index is 1.89. The molecule has 1 aromatic heterocycles. The van der Waals surface area contributed by atoms with E-state index in [1.807, 2.05) is 12.1 Å². The Bertz CT molecular complexity index is 870. The van der Waals surface area contributed by atoms with Gasteiger partial charge in [-0.1, -0.05) is 24.3 Å². The lowest BCUT2D eigenvalue weighted by atomic mass is 9.97. The predicted octanol–water partition coefficient (Wildman–Crippen LogP) is 4.72. The summed E-state index contributed by atoms with van der Waals surface area (Å²) in [6, 6.07) is 13.4. The summed E-state index contributed by atoms with van der Waals surface area (Å²) in [6.45, 7) is 2.18. The molecule has 0 atom stereocenters. The zero-order chi connectivity index (χ0) is 15.3. The van der Waals surface area contributed by atoms with Crippen LogP contribution in [0.25, 0.3) is 22.0 Å². The zero-order valence-electron chi connectivity index (χ0n) is 12.4. The Morgan fingerprint density at radius 3 is 2.50 bits per heavy atom. The fourth-order valence-corrected chi connectivity index (χ4v) is 3.25. The van der Waals surface area contributed by atoms with E-state index in [0.717, 1.165) is 11.1 Å². The Morgan fingerprint density at radius 2 is 1.86 bits per heavy atom. The van der Waals surface area contributed by atoms with Crippen LogP contribution < -0.4 is 0 Å². The lowest BCUT2D eigenvalue weighted by Crippen LogP contribution is -1.95. The fraction of sp³-hybridized carbons (Fsp3) is 0.211. The summed E-state index contributed by atoms with van der Waals surface area (Å²) < 4.78 is 0. The lowest BCUT2D eigenvalue weighted by molar-refractivity contribution is 0.0697. The van der Waals surface area contributed by atoms with E-state index in [1.165, 1.54) is 35.0 Å². The van der Waals surface area contributed by atoms with Crippen molar-refractivity contribution in [3.05, 3.63) is 59.3 Å². The van der Waals surface area contributed by atoms with Crippen molar-refractivity contribution < 1.29 is 9.90 Å². The largest absolute Gasteiger partial charge is 0.478 e. The minimum absolute atomic E-state index is 0.320. The van der Waals surface area contributed by atoms with Crippen LogP contribution >= 0.6 is 0 Å².